The first-order chi connectivity index (χ1) is 10.1. The number of nitrogens with one attached hydrogen (secondary N) is 2. The monoisotopic (exact) mass is 295 g/mol. The number of nitrogens with zero attached hydrogens (tertiary/aromatic N) is 1. The molecule has 2 N–H and O–H groups in total. The topological polar surface area (TPSA) is 53.6 Å². The van der Waals surface area contributed by atoms with Crippen LogP contribution in [0, 0.1) is 5.82 Å². The largest absolute Gasteiger partial charge is 0.492 e. The number of benzene rings is 1. The fourth-order valence-electron chi connectivity index (χ4n) is 2.28. The van der Waals surface area contributed by atoms with Gasteiger partial charge in [-0.25, -0.2) is 9.18 Å². The Morgan fingerprint density at radius 3 is 2.90 bits per heavy atom. The van der Waals surface area contributed by atoms with E-state index in [1.807, 2.05) is 0 Å². The molecule has 1 heterocycles. The molecule has 0 radical (unpaired) electrons. The molecule has 1 aliphatic heterocycles. The number of urea groups is 1. The van der Waals surface area contributed by atoms with Gasteiger partial charge in [-0.3, -0.25) is 0 Å². The molecule has 0 unspecified atom stereocenters. The quantitative estimate of drug-likeness (QED) is 0.811. The van der Waals surface area contributed by atoms with Gasteiger partial charge in [0.05, 0.1) is 6.54 Å². The molecule has 2 rings (SSSR count). The molecule has 1 fully saturated rings. The first-order valence-corrected chi connectivity index (χ1v) is 7.25. The zero-order valence-electron chi connectivity index (χ0n) is 12.3. The summed E-state index contributed by atoms with van der Waals surface area (Å²) in [6, 6.07) is 6.02. The van der Waals surface area contributed by atoms with Crippen molar-refractivity contribution in [1.82, 2.24) is 15.5 Å². The maximum absolute atomic E-state index is 12.9. The molecule has 0 bridgehead atoms. The molecule has 6 heteroatoms. The number of likely N-dealkylation sites (tertiary alicyclic amines) is 1. The van der Waals surface area contributed by atoms with E-state index in [0.29, 0.717) is 18.9 Å². The van der Waals surface area contributed by atoms with Crippen LogP contribution in [0.4, 0.5) is 9.18 Å². The van der Waals surface area contributed by atoms with E-state index in [0.717, 1.165) is 25.9 Å². The van der Waals surface area contributed by atoms with Crippen LogP contribution in [-0.4, -0.2) is 50.3 Å². The first kappa shape index (κ1) is 15.6. The zero-order valence-corrected chi connectivity index (χ0v) is 12.3. The summed E-state index contributed by atoms with van der Waals surface area (Å²) >= 11 is 0. The van der Waals surface area contributed by atoms with E-state index in [1.54, 1.807) is 12.1 Å². The van der Waals surface area contributed by atoms with Crippen LogP contribution >= 0.6 is 0 Å². The van der Waals surface area contributed by atoms with Crippen LogP contribution in [-0.2, 0) is 0 Å². The van der Waals surface area contributed by atoms with Crippen LogP contribution in [0.5, 0.6) is 5.75 Å². The maximum Gasteiger partial charge on any atom is 0.315 e. The van der Waals surface area contributed by atoms with E-state index in [-0.39, 0.29) is 17.9 Å². The van der Waals surface area contributed by atoms with Crippen molar-refractivity contribution in [3.05, 3.63) is 30.1 Å². The summed E-state index contributed by atoms with van der Waals surface area (Å²) in [6.45, 7) is 2.71. The van der Waals surface area contributed by atoms with E-state index in [9.17, 15) is 9.18 Å². The Morgan fingerprint density at radius 2 is 2.19 bits per heavy atom. The number of halogens is 1. The molecular formula is C15H22FN3O2. The van der Waals surface area contributed by atoms with Gasteiger partial charge in [0.2, 0.25) is 0 Å². The number of hydrogen-bond donors (Lipinski definition) is 2. The molecule has 0 spiro atoms. The average molecular weight is 295 g/mol. The number of carbonyl (C=O) groups is 1. The lowest BCUT2D eigenvalue weighted by Gasteiger charge is -2.29. The smallest absolute Gasteiger partial charge is 0.315 e. The Balaban J connectivity index is 1.59. The molecule has 0 aromatic heterocycles. The zero-order chi connectivity index (χ0) is 15.1. The van der Waals surface area contributed by atoms with Crippen LogP contribution in [0.15, 0.2) is 24.3 Å². The molecule has 0 aliphatic carbocycles. The molecule has 1 saturated heterocycles. The van der Waals surface area contributed by atoms with Crippen molar-refractivity contribution in [3.8, 4) is 5.75 Å². The van der Waals surface area contributed by atoms with Crippen molar-refractivity contribution in [1.29, 1.82) is 0 Å². The number of piperidine rings is 1. The molecule has 0 atom stereocenters. The second kappa shape index (κ2) is 7.83. The second-order valence-corrected chi connectivity index (χ2v) is 5.28. The number of amides is 2. The molecule has 0 saturated carbocycles. The van der Waals surface area contributed by atoms with Gasteiger partial charge in [-0.05, 0) is 45.1 Å². The summed E-state index contributed by atoms with van der Waals surface area (Å²) in [5.74, 6) is 0.132. The Labute approximate surface area is 124 Å². The number of rotatable bonds is 5. The van der Waals surface area contributed by atoms with E-state index in [1.165, 1.54) is 12.1 Å². The highest BCUT2D eigenvalue weighted by molar-refractivity contribution is 5.74. The molecule has 21 heavy (non-hydrogen) atoms. The predicted octanol–water partition coefficient (Wildman–Crippen LogP) is 1.60. The maximum atomic E-state index is 12.9. The third-order valence-electron chi connectivity index (χ3n) is 3.51. The van der Waals surface area contributed by atoms with Gasteiger partial charge < -0.3 is 20.3 Å². The van der Waals surface area contributed by atoms with Crippen molar-refractivity contribution in [2.24, 2.45) is 0 Å². The molecular weight excluding hydrogens is 273 g/mol. The van der Waals surface area contributed by atoms with Crippen LogP contribution in [0.1, 0.15) is 12.8 Å². The summed E-state index contributed by atoms with van der Waals surface area (Å²) in [7, 11) is 2.08. The molecule has 1 aliphatic rings. The lowest BCUT2D eigenvalue weighted by Crippen LogP contribution is -2.47. The van der Waals surface area contributed by atoms with Gasteiger partial charge in [0.1, 0.15) is 18.2 Å². The van der Waals surface area contributed by atoms with Gasteiger partial charge in [-0.1, -0.05) is 6.07 Å². The lowest BCUT2D eigenvalue weighted by molar-refractivity contribution is 0.211. The number of ether oxygens (including phenoxy) is 1. The third-order valence-corrected chi connectivity index (χ3v) is 3.51. The van der Waals surface area contributed by atoms with Gasteiger partial charge in [-0.2, -0.15) is 0 Å². The lowest BCUT2D eigenvalue weighted by atomic mass is 10.1. The van der Waals surface area contributed by atoms with Gasteiger partial charge >= 0.3 is 6.03 Å². The summed E-state index contributed by atoms with van der Waals surface area (Å²) < 4.78 is 18.3. The van der Waals surface area contributed by atoms with Crippen LogP contribution in [0.3, 0.4) is 0 Å². The van der Waals surface area contributed by atoms with E-state index in [4.69, 9.17) is 4.74 Å². The SMILES string of the molecule is CN1CCC(NC(=O)NCCOc2cccc(F)c2)CC1. The minimum Gasteiger partial charge on any atom is -0.492 e. The molecule has 1 aromatic carbocycles. The van der Waals surface area contributed by atoms with Crippen molar-refractivity contribution in [2.45, 2.75) is 18.9 Å². The minimum atomic E-state index is -0.333. The van der Waals surface area contributed by atoms with Crippen LogP contribution in [0.2, 0.25) is 0 Å². The van der Waals surface area contributed by atoms with E-state index in [2.05, 4.69) is 22.6 Å². The van der Waals surface area contributed by atoms with E-state index >= 15 is 0 Å². The summed E-state index contributed by atoms with van der Waals surface area (Å²) in [6.07, 6.45) is 1.95. The standard InChI is InChI=1S/C15H22FN3O2/c1-19-8-5-13(6-9-19)18-15(20)17-7-10-21-14-4-2-3-12(16)11-14/h2-4,11,13H,5-10H2,1H3,(H2,17,18,20). The minimum absolute atomic E-state index is 0.174. The first-order valence-electron chi connectivity index (χ1n) is 7.25. The van der Waals surface area contributed by atoms with Gasteiger partial charge in [0.25, 0.3) is 0 Å². The number of carbonyl (C=O) groups excluding carboxylic acids is 1. The fraction of sp³-hybridized carbons (Fsp3) is 0.533. The highest BCUT2D eigenvalue weighted by atomic mass is 19.1. The Morgan fingerprint density at radius 1 is 1.43 bits per heavy atom. The molecule has 2 amide bonds. The van der Waals surface area contributed by atoms with Crippen LogP contribution in [0.25, 0.3) is 0 Å². The van der Waals surface area contributed by atoms with Crippen molar-refractivity contribution < 1.29 is 13.9 Å². The van der Waals surface area contributed by atoms with E-state index < -0.39 is 0 Å². The second-order valence-electron chi connectivity index (χ2n) is 5.28. The summed E-state index contributed by atoms with van der Waals surface area (Å²) in [5, 5.41) is 5.70. The highest BCUT2D eigenvalue weighted by Gasteiger charge is 2.17. The van der Waals surface area contributed by atoms with Crippen molar-refractivity contribution in [2.75, 3.05) is 33.3 Å². The van der Waals surface area contributed by atoms with Gasteiger partial charge in [-0.15, -0.1) is 0 Å². The van der Waals surface area contributed by atoms with Gasteiger partial charge in [0, 0.05) is 12.1 Å². The van der Waals surface area contributed by atoms with Crippen molar-refractivity contribution in [3.63, 3.8) is 0 Å². The van der Waals surface area contributed by atoms with Crippen LogP contribution < -0.4 is 15.4 Å². The number of hydrogen-bond acceptors (Lipinski definition) is 3. The Hall–Kier alpha value is -1.82. The van der Waals surface area contributed by atoms with Gasteiger partial charge in [0.15, 0.2) is 0 Å². The molecule has 116 valence electrons. The normalized spacial score (nSPS) is 16.5. The average Bonchev–Trinajstić information content (AvgIpc) is 2.46. The summed E-state index contributed by atoms with van der Waals surface area (Å²) in [4.78, 5) is 14.0. The third kappa shape index (κ3) is 5.59. The molecule has 1 aromatic rings. The fourth-order valence-corrected chi connectivity index (χ4v) is 2.28. The summed E-state index contributed by atoms with van der Waals surface area (Å²) in [5.41, 5.74) is 0. The highest BCUT2D eigenvalue weighted by Crippen LogP contribution is 2.11. The van der Waals surface area contributed by atoms with Crippen molar-refractivity contribution >= 4 is 6.03 Å². The Kier molecular flexibility index (Phi) is 5.80. The molecule has 5 nitrogen and oxygen atoms in total. The predicted molar refractivity (Wildman–Crippen MR) is 78.9 cm³/mol. The Bertz CT molecular complexity index is 462.